The van der Waals surface area contributed by atoms with Gasteiger partial charge in [0.15, 0.2) is 0 Å². The van der Waals surface area contributed by atoms with Crippen LogP contribution in [0.5, 0.6) is 0 Å². The molecule has 0 unspecified atom stereocenters. The van der Waals surface area contributed by atoms with Gasteiger partial charge < -0.3 is 8.98 Å². The standard InChI is InChI=1S/C50H31N3O/c1-2-16-33(17-3-1)52-44-26-11-6-21-38(44)49-39-22-7-12-27-45(39)53(50(49)52)35-30-41(48-40-23-8-13-28-46(40)54-47(48)31-35)32-15-14-18-34(29-32)51-42-24-9-4-19-36(42)37-20-5-10-25-43(37)51/h1-31H. The van der Waals surface area contributed by atoms with Crippen LogP contribution in [0.4, 0.5) is 0 Å². The molecule has 4 aromatic heterocycles. The van der Waals surface area contributed by atoms with Gasteiger partial charge in [-0.2, -0.15) is 0 Å². The molecule has 0 bridgehead atoms. The van der Waals surface area contributed by atoms with Crippen LogP contribution in [-0.4, -0.2) is 13.7 Å². The van der Waals surface area contributed by atoms with Gasteiger partial charge in [0.05, 0.1) is 27.8 Å². The van der Waals surface area contributed by atoms with Crippen molar-refractivity contribution in [1.29, 1.82) is 0 Å². The first kappa shape index (κ1) is 29.3. The molecule has 0 atom stereocenters. The fourth-order valence-corrected chi connectivity index (χ4v) is 9.01. The third-order valence-corrected chi connectivity index (χ3v) is 11.2. The van der Waals surface area contributed by atoms with Crippen LogP contribution in [0.25, 0.3) is 105 Å². The Kier molecular flexibility index (Phi) is 6.02. The van der Waals surface area contributed by atoms with E-state index in [-0.39, 0.29) is 0 Å². The maximum absolute atomic E-state index is 6.74. The average Bonchev–Trinajstić information content (AvgIpc) is 3.97. The summed E-state index contributed by atoms with van der Waals surface area (Å²) in [4.78, 5) is 0. The van der Waals surface area contributed by atoms with Gasteiger partial charge in [0.1, 0.15) is 16.8 Å². The minimum absolute atomic E-state index is 0.860. The number of benzene rings is 8. The van der Waals surface area contributed by atoms with Crippen molar-refractivity contribution in [1.82, 2.24) is 13.7 Å². The zero-order valence-corrected chi connectivity index (χ0v) is 29.1. The molecule has 0 fully saturated rings. The van der Waals surface area contributed by atoms with Crippen LogP contribution in [-0.2, 0) is 0 Å². The van der Waals surface area contributed by atoms with Crippen LogP contribution in [0.1, 0.15) is 0 Å². The molecule has 0 N–H and O–H groups in total. The van der Waals surface area contributed by atoms with Crippen molar-refractivity contribution in [2.45, 2.75) is 0 Å². The van der Waals surface area contributed by atoms with Crippen molar-refractivity contribution in [2.75, 3.05) is 0 Å². The number of fused-ring (bicyclic) bond motifs is 11. The second-order valence-corrected chi connectivity index (χ2v) is 14.1. The molecule has 0 aliphatic carbocycles. The highest BCUT2D eigenvalue weighted by Crippen LogP contribution is 2.44. The van der Waals surface area contributed by atoms with E-state index >= 15 is 0 Å². The molecule has 252 valence electrons. The minimum Gasteiger partial charge on any atom is -0.456 e. The molecule has 0 spiro atoms. The highest BCUT2D eigenvalue weighted by atomic mass is 16.3. The van der Waals surface area contributed by atoms with Crippen molar-refractivity contribution in [3.8, 4) is 28.2 Å². The Morgan fingerprint density at radius 2 is 0.833 bits per heavy atom. The molecule has 0 saturated heterocycles. The lowest BCUT2D eigenvalue weighted by Gasteiger charge is -2.15. The average molecular weight is 690 g/mol. The molecule has 0 radical (unpaired) electrons. The second-order valence-electron chi connectivity index (χ2n) is 14.1. The monoisotopic (exact) mass is 689 g/mol. The van der Waals surface area contributed by atoms with E-state index in [1.807, 2.05) is 0 Å². The summed E-state index contributed by atoms with van der Waals surface area (Å²) in [5, 5.41) is 8.42. The molecule has 0 amide bonds. The van der Waals surface area contributed by atoms with Gasteiger partial charge in [-0.05, 0) is 71.8 Å². The predicted molar refractivity (Wildman–Crippen MR) is 225 cm³/mol. The van der Waals surface area contributed by atoms with Crippen LogP contribution in [0.15, 0.2) is 192 Å². The largest absolute Gasteiger partial charge is 0.456 e. The van der Waals surface area contributed by atoms with Gasteiger partial charge in [-0.25, -0.2) is 0 Å². The quantitative estimate of drug-likeness (QED) is 0.181. The van der Waals surface area contributed by atoms with E-state index in [2.05, 4.69) is 202 Å². The summed E-state index contributed by atoms with van der Waals surface area (Å²) in [5.41, 5.74) is 13.1. The number of nitrogens with zero attached hydrogens (tertiary/aromatic N) is 3. The van der Waals surface area contributed by atoms with E-state index in [0.29, 0.717) is 0 Å². The molecule has 54 heavy (non-hydrogen) atoms. The van der Waals surface area contributed by atoms with Crippen LogP contribution in [0.3, 0.4) is 0 Å². The number of rotatable bonds is 4. The molecule has 12 rings (SSSR count). The van der Waals surface area contributed by atoms with Crippen molar-refractivity contribution >= 4 is 76.6 Å². The van der Waals surface area contributed by atoms with Gasteiger partial charge in [0.2, 0.25) is 0 Å². The third-order valence-electron chi connectivity index (χ3n) is 11.2. The van der Waals surface area contributed by atoms with E-state index in [1.54, 1.807) is 0 Å². The second kappa shape index (κ2) is 11.1. The van der Waals surface area contributed by atoms with E-state index in [9.17, 15) is 0 Å². The molecule has 12 aromatic rings. The van der Waals surface area contributed by atoms with Gasteiger partial charge >= 0.3 is 0 Å². The molecule has 4 nitrogen and oxygen atoms in total. The van der Waals surface area contributed by atoms with E-state index in [0.717, 1.165) is 61.3 Å². The zero-order chi connectivity index (χ0) is 35.3. The summed E-state index contributed by atoms with van der Waals surface area (Å²) in [6.45, 7) is 0. The Morgan fingerprint density at radius 1 is 0.315 bits per heavy atom. The van der Waals surface area contributed by atoms with Gasteiger partial charge in [-0.3, -0.25) is 9.13 Å². The van der Waals surface area contributed by atoms with Crippen LogP contribution < -0.4 is 0 Å². The Morgan fingerprint density at radius 3 is 1.50 bits per heavy atom. The van der Waals surface area contributed by atoms with E-state index in [4.69, 9.17) is 4.42 Å². The van der Waals surface area contributed by atoms with Crippen molar-refractivity contribution in [2.24, 2.45) is 0 Å². The lowest BCUT2D eigenvalue weighted by atomic mass is 9.98. The minimum atomic E-state index is 0.860. The SMILES string of the molecule is c1ccc(-n2c3ccccc3c3c4ccccc4n(-c4cc(-c5cccc(-n6c7ccccc7c7ccccc76)c5)c5c(c4)oc4ccccc45)c32)cc1. The Bertz CT molecular complexity index is 3390. The lowest BCUT2D eigenvalue weighted by molar-refractivity contribution is 0.668. The fraction of sp³-hybridized carbons (Fsp3) is 0. The van der Waals surface area contributed by atoms with Crippen molar-refractivity contribution in [3.63, 3.8) is 0 Å². The molecule has 4 heteroatoms. The Balaban J connectivity index is 1.20. The predicted octanol–water partition coefficient (Wildman–Crippen LogP) is 13.4. The normalized spacial score (nSPS) is 12.1. The number of aromatic nitrogens is 3. The van der Waals surface area contributed by atoms with E-state index in [1.165, 1.54) is 43.5 Å². The van der Waals surface area contributed by atoms with Crippen LogP contribution in [0.2, 0.25) is 0 Å². The highest BCUT2D eigenvalue weighted by molar-refractivity contribution is 6.23. The van der Waals surface area contributed by atoms with Gasteiger partial charge in [-0.15, -0.1) is 0 Å². The zero-order valence-electron chi connectivity index (χ0n) is 29.1. The Hall–Kier alpha value is -7.30. The molecule has 8 aromatic carbocycles. The van der Waals surface area contributed by atoms with Crippen LogP contribution >= 0.6 is 0 Å². The molecule has 0 aliphatic heterocycles. The molecule has 4 heterocycles. The summed E-state index contributed by atoms with van der Waals surface area (Å²) < 4.78 is 14.0. The van der Waals surface area contributed by atoms with Crippen LogP contribution in [0, 0.1) is 0 Å². The fourth-order valence-electron chi connectivity index (χ4n) is 9.01. The summed E-state index contributed by atoms with van der Waals surface area (Å²) in [7, 11) is 0. The first-order chi connectivity index (χ1) is 26.8. The first-order valence-electron chi connectivity index (χ1n) is 18.4. The van der Waals surface area contributed by atoms with Crippen molar-refractivity contribution < 1.29 is 4.42 Å². The topological polar surface area (TPSA) is 27.9 Å². The number of furan rings is 1. The van der Waals surface area contributed by atoms with Gasteiger partial charge in [-0.1, -0.05) is 121 Å². The lowest BCUT2D eigenvalue weighted by Crippen LogP contribution is -2.02. The molecule has 0 aliphatic rings. The summed E-state index contributed by atoms with van der Waals surface area (Å²) in [5.74, 6) is 0. The maximum atomic E-state index is 6.74. The number of hydrogen-bond acceptors (Lipinski definition) is 1. The van der Waals surface area contributed by atoms with Crippen molar-refractivity contribution in [3.05, 3.63) is 188 Å². The Labute approximate surface area is 309 Å². The summed E-state index contributed by atoms with van der Waals surface area (Å²) in [6.07, 6.45) is 0. The van der Waals surface area contributed by atoms with Gasteiger partial charge in [0.25, 0.3) is 0 Å². The molecular weight excluding hydrogens is 659 g/mol. The molecule has 0 saturated carbocycles. The highest BCUT2D eigenvalue weighted by Gasteiger charge is 2.24. The van der Waals surface area contributed by atoms with E-state index < -0.39 is 0 Å². The number of hydrogen-bond donors (Lipinski definition) is 0. The third kappa shape index (κ3) is 4.02. The summed E-state index contributed by atoms with van der Waals surface area (Å²) >= 11 is 0. The number of para-hydroxylation sites is 6. The molecular formula is C50H31N3O. The summed E-state index contributed by atoms with van der Waals surface area (Å²) in [6, 6.07) is 67.6. The first-order valence-corrected chi connectivity index (χ1v) is 18.4. The van der Waals surface area contributed by atoms with Gasteiger partial charge in [0, 0.05) is 55.1 Å². The smallest absolute Gasteiger partial charge is 0.138 e. The maximum Gasteiger partial charge on any atom is 0.138 e.